The van der Waals surface area contributed by atoms with E-state index in [0.717, 1.165) is 28.8 Å². The van der Waals surface area contributed by atoms with Crippen LogP contribution in [0.5, 0.6) is 11.5 Å². The molecular weight excluding hydrogens is 376 g/mol. The second kappa shape index (κ2) is 8.84. The van der Waals surface area contributed by atoms with Gasteiger partial charge in [0.25, 0.3) is 0 Å². The van der Waals surface area contributed by atoms with Gasteiger partial charge in [-0.05, 0) is 56.6 Å². The van der Waals surface area contributed by atoms with Crippen LogP contribution in [0.1, 0.15) is 28.7 Å². The summed E-state index contributed by atoms with van der Waals surface area (Å²) >= 11 is 6.36. The van der Waals surface area contributed by atoms with Gasteiger partial charge in [-0.15, -0.1) is 0 Å². The fraction of sp³-hybridized carbons (Fsp3) is 0.409. The Kier molecular flexibility index (Phi) is 6.47. The molecule has 0 bridgehead atoms. The quantitative estimate of drug-likeness (QED) is 0.800. The number of hydrogen-bond acceptors (Lipinski definition) is 4. The van der Waals surface area contributed by atoms with Crippen LogP contribution in [-0.4, -0.2) is 37.6 Å². The van der Waals surface area contributed by atoms with E-state index in [9.17, 15) is 4.79 Å². The van der Waals surface area contributed by atoms with Crippen LogP contribution in [0.25, 0.3) is 0 Å². The van der Waals surface area contributed by atoms with Gasteiger partial charge in [0.1, 0.15) is 0 Å². The van der Waals surface area contributed by atoms with E-state index in [1.165, 1.54) is 5.56 Å². The smallest absolute Gasteiger partial charge is 0.238 e. The predicted molar refractivity (Wildman–Crippen MR) is 113 cm³/mol. The number of nitrogens with one attached hydrogen (secondary N) is 1. The normalized spacial score (nSPS) is 13.4. The Hall–Kier alpha value is -2.24. The molecule has 1 aliphatic rings. The van der Waals surface area contributed by atoms with Gasteiger partial charge in [0.05, 0.1) is 24.8 Å². The zero-order valence-corrected chi connectivity index (χ0v) is 17.7. The van der Waals surface area contributed by atoms with Crippen molar-refractivity contribution < 1.29 is 14.3 Å². The number of carbonyl (C=O) groups excluding carboxylic acids is 1. The fourth-order valence-electron chi connectivity index (χ4n) is 3.54. The van der Waals surface area contributed by atoms with Crippen molar-refractivity contribution in [2.45, 2.75) is 33.7 Å². The van der Waals surface area contributed by atoms with Crippen LogP contribution < -0.4 is 14.8 Å². The van der Waals surface area contributed by atoms with E-state index in [-0.39, 0.29) is 12.5 Å². The summed E-state index contributed by atoms with van der Waals surface area (Å²) in [6, 6.07) is 7.96. The van der Waals surface area contributed by atoms with Gasteiger partial charge < -0.3 is 14.8 Å². The molecule has 3 rings (SSSR count). The second-order valence-corrected chi connectivity index (χ2v) is 7.86. The number of halogens is 1. The molecule has 0 atom stereocenters. The summed E-state index contributed by atoms with van der Waals surface area (Å²) in [5, 5.41) is 3.58. The maximum Gasteiger partial charge on any atom is 0.238 e. The van der Waals surface area contributed by atoms with Gasteiger partial charge >= 0.3 is 0 Å². The van der Waals surface area contributed by atoms with Crippen molar-refractivity contribution in [1.29, 1.82) is 0 Å². The van der Waals surface area contributed by atoms with E-state index in [2.05, 4.69) is 24.4 Å². The third kappa shape index (κ3) is 4.97. The molecule has 0 saturated carbocycles. The van der Waals surface area contributed by atoms with Crippen molar-refractivity contribution in [3.05, 3.63) is 51.5 Å². The van der Waals surface area contributed by atoms with Crippen molar-refractivity contribution in [3.63, 3.8) is 0 Å². The molecule has 6 heteroatoms. The molecule has 1 N–H and O–H groups in total. The van der Waals surface area contributed by atoms with Crippen molar-refractivity contribution in [2.75, 3.05) is 32.1 Å². The Bertz CT molecular complexity index is 859. The summed E-state index contributed by atoms with van der Waals surface area (Å²) in [5.74, 6) is 1.23. The maximum absolute atomic E-state index is 12.5. The Balaban J connectivity index is 1.64. The second-order valence-electron chi connectivity index (χ2n) is 7.45. The minimum atomic E-state index is -0.0435. The molecule has 2 aromatic carbocycles. The van der Waals surface area contributed by atoms with Crippen LogP contribution in [0.2, 0.25) is 5.02 Å². The van der Waals surface area contributed by atoms with Gasteiger partial charge in [-0.2, -0.15) is 0 Å². The Morgan fingerprint density at radius 1 is 1.11 bits per heavy atom. The largest absolute Gasteiger partial charge is 0.489 e. The zero-order valence-electron chi connectivity index (χ0n) is 16.9. The number of nitrogens with zero attached hydrogens (tertiary/aromatic N) is 1. The molecule has 0 aliphatic carbocycles. The van der Waals surface area contributed by atoms with E-state index in [1.54, 1.807) is 0 Å². The van der Waals surface area contributed by atoms with Crippen LogP contribution >= 0.6 is 11.6 Å². The van der Waals surface area contributed by atoms with Crippen molar-refractivity contribution in [3.8, 4) is 11.5 Å². The SMILES string of the molecule is Cc1cc(C)c(NC(=O)CN(C)Cc2cc(Cl)c3c(c2)OCCCO3)c(C)c1. The van der Waals surface area contributed by atoms with Gasteiger partial charge in [-0.1, -0.05) is 29.3 Å². The molecule has 1 heterocycles. The Morgan fingerprint density at radius 3 is 2.50 bits per heavy atom. The molecule has 5 nitrogen and oxygen atoms in total. The molecule has 2 aromatic rings. The lowest BCUT2D eigenvalue weighted by Gasteiger charge is -2.19. The summed E-state index contributed by atoms with van der Waals surface area (Å²) in [4.78, 5) is 14.5. The Morgan fingerprint density at radius 2 is 1.79 bits per heavy atom. The van der Waals surface area contributed by atoms with E-state index >= 15 is 0 Å². The molecule has 0 radical (unpaired) electrons. The minimum absolute atomic E-state index is 0.0435. The highest BCUT2D eigenvalue weighted by molar-refractivity contribution is 6.32. The van der Waals surface area contributed by atoms with Crippen molar-refractivity contribution in [2.24, 2.45) is 0 Å². The lowest BCUT2D eigenvalue weighted by atomic mass is 10.1. The number of aryl methyl sites for hydroxylation is 3. The van der Waals surface area contributed by atoms with Crippen LogP contribution in [0, 0.1) is 20.8 Å². The summed E-state index contributed by atoms with van der Waals surface area (Å²) in [6.45, 7) is 8.15. The lowest BCUT2D eigenvalue weighted by molar-refractivity contribution is -0.117. The number of amides is 1. The number of hydrogen-bond donors (Lipinski definition) is 1. The van der Waals surface area contributed by atoms with Gasteiger partial charge in [-0.3, -0.25) is 9.69 Å². The van der Waals surface area contributed by atoms with Crippen molar-refractivity contribution in [1.82, 2.24) is 4.90 Å². The maximum atomic E-state index is 12.5. The standard InChI is InChI=1S/C22H27ClN2O3/c1-14-8-15(2)21(16(3)9-14)24-20(26)13-25(4)12-17-10-18(23)22-19(11-17)27-6-5-7-28-22/h8-11H,5-7,12-13H2,1-4H3,(H,24,26). The van der Waals surface area contributed by atoms with E-state index in [1.807, 2.05) is 37.9 Å². The average molecular weight is 403 g/mol. The highest BCUT2D eigenvalue weighted by Crippen LogP contribution is 2.38. The van der Waals surface area contributed by atoms with Crippen LogP contribution in [0.3, 0.4) is 0 Å². The molecule has 0 aromatic heterocycles. The summed E-state index contributed by atoms with van der Waals surface area (Å²) in [5.41, 5.74) is 5.21. The molecular formula is C22H27ClN2O3. The highest BCUT2D eigenvalue weighted by atomic mass is 35.5. The van der Waals surface area contributed by atoms with Crippen LogP contribution in [0.15, 0.2) is 24.3 Å². The van der Waals surface area contributed by atoms with Gasteiger partial charge in [0.2, 0.25) is 5.91 Å². The van der Waals surface area contributed by atoms with E-state index < -0.39 is 0 Å². The van der Waals surface area contributed by atoms with Gasteiger partial charge in [0.15, 0.2) is 11.5 Å². The first-order chi connectivity index (χ1) is 13.3. The molecule has 150 valence electrons. The molecule has 0 unspecified atom stereocenters. The number of carbonyl (C=O) groups is 1. The first kappa shape index (κ1) is 20.5. The summed E-state index contributed by atoms with van der Waals surface area (Å²) in [7, 11) is 1.91. The van der Waals surface area contributed by atoms with Gasteiger partial charge in [0, 0.05) is 18.7 Å². The highest BCUT2D eigenvalue weighted by Gasteiger charge is 2.17. The summed E-state index contributed by atoms with van der Waals surface area (Å²) in [6.07, 6.45) is 0.832. The van der Waals surface area contributed by atoms with Gasteiger partial charge in [-0.25, -0.2) is 0 Å². The molecule has 1 aliphatic heterocycles. The average Bonchev–Trinajstić information content (AvgIpc) is 2.83. The fourth-order valence-corrected chi connectivity index (χ4v) is 3.83. The van der Waals surface area contributed by atoms with E-state index in [0.29, 0.717) is 36.3 Å². The molecule has 0 spiro atoms. The summed E-state index contributed by atoms with van der Waals surface area (Å²) < 4.78 is 11.4. The number of anilines is 1. The first-order valence-electron chi connectivity index (χ1n) is 9.47. The number of fused-ring (bicyclic) bond motifs is 1. The van der Waals surface area contributed by atoms with Crippen LogP contribution in [0.4, 0.5) is 5.69 Å². The van der Waals surface area contributed by atoms with Crippen LogP contribution in [-0.2, 0) is 11.3 Å². The number of ether oxygens (including phenoxy) is 2. The molecule has 1 amide bonds. The molecule has 28 heavy (non-hydrogen) atoms. The first-order valence-corrected chi connectivity index (χ1v) is 9.85. The predicted octanol–water partition coefficient (Wildman–Crippen LogP) is 4.50. The monoisotopic (exact) mass is 402 g/mol. The van der Waals surface area contributed by atoms with E-state index in [4.69, 9.17) is 21.1 Å². The lowest BCUT2D eigenvalue weighted by Crippen LogP contribution is -2.30. The molecule has 0 fully saturated rings. The minimum Gasteiger partial charge on any atom is -0.489 e. The Labute approximate surface area is 171 Å². The zero-order chi connectivity index (χ0) is 20.3. The number of rotatable bonds is 5. The molecule has 0 saturated heterocycles. The third-order valence-corrected chi connectivity index (χ3v) is 4.95. The van der Waals surface area contributed by atoms with Crippen molar-refractivity contribution >= 4 is 23.2 Å². The number of benzene rings is 2. The third-order valence-electron chi connectivity index (χ3n) is 4.67. The topological polar surface area (TPSA) is 50.8 Å². The number of likely N-dealkylation sites (N-methyl/N-ethyl adjacent to an activating group) is 1.